The molecule has 8 heteroatoms. The molecule has 5 rings (SSSR count). The summed E-state index contributed by atoms with van der Waals surface area (Å²) < 4.78 is 38.2. The van der Waals surface area contributed by atoms with E-state index < -0.39 is 21.7 Å². The van der Waals surface area contributed by atoms with Crippen molar-refractivity contribution in [2.24, 2.45) is 17.8 Å². The van der Waals surface area contributed by atoms with Crippen molar-refractivity contribution >= 4 is 27.6 Å². The fourth-order valence-electron chi connectivity index (χ4n) is 5.25. The van der Waals surface area contributed by atoms with E-state index in [9.17, 15) is 22.6 Å². The van der Waals surface area contributed by atoms with Crippen LogP contribution < -0.4 is 5.32 Å². The summed E-state index contributed by atoms with van der Waals surface area (Å²) in [5, 5.41) is 3.02. The number of ether oxygens (including phenoxy) is 1. The standard InChI is InChI=1S/C19H23NO6S/c1-2-20-16-4-3-14(27(23,24)25)7-15(16)18(22)26-19-8-11-5-12(9-19)17(21)13(6-11)10-19/h3-4,7,11-13,20H,2,5-6,8-10H2,1H3,(H,23,24,25). The van der Waals surface area contributed by atoms with Crippen molar-refractivity contribution in [2.45, 2.75) is 49.5 Å². The number of ketones is 1. The van der Waals surface area contributed by atoms with Crippen molar-refractivity contribution in [3.63, 3.8) is 0 Å². The smallest absolute Gasteiger partial charge is 0.340 e. The van der Waals surface area contributed by atoms with E-state index in [1.165, 1.54) is 12.1 Å². The van der Waals surface area contributed by atoms with Crippen LogP contribution in [0.5, 0.6) is 0 Å². The average Bonchev–Trinajstić information content (AvgIpc) is 2.58. The van der Waals surface area contributed by atoms with Gasteiger partial charge in [-0.05, 0) is 63.1 Å². The zero-order valence-corrected chi connectivity index (χ0v) is 15.9. The Hall–Kier alpha value is -1.93. The molecule has 4 fully saturated rings. The highest BCUT2D eigenvalue weighted by atomic mass is 32.2. The van der Waals surface area contributed by atoms with Gasteiger partial charge >= 0.3 is 5.97 Å². The summed E-state index contributed by atoms with van der Waals surface area (Å²) in [6, 6.07) is 3.83. The highest BCUT2D eigenvalue weighted by molar-refractivity contribution is 7.85. The van der Waals surface area contributed by atoms with Gasteiger partial charge in [0.1, 0.15) is 11.4 Å². The molecule has 27 heavy (non-hydrogen) atoms. The number of Topliss-reactive ketones (excluding diaryl/α,β-unsaturated/α-hetero) is 1. The van der Waals surface area contributed by atoms with E-state index in [1.807, 2.05) is 6.92 Å². The summed E-state index contributed by atoms with van der Waals surface area (Å²) in [6.07, 6.45) is 3.64. The lowest BCUT2D eigenvalue weighted by Gasteiger charge is -2.54. The van der Waals surface area contributed by atoms with E-state index in [1.54, 1.807) is 0 Å². The molecule has 146 valence electrons. The van der Waals surface area contributed by atoms with E-state index in [0.29, 0.717) is 36.8 Å². The van der Waals surface area contributed by atoms with Crippen molar-refractivity contribution in [1.29, 1.82) is 0 Å². The molecule has 0 spiro atoms. The van der Waals surface area contributed by atoms with Crippen molar-refractivity contribution in [3.8, 4) is 0 Å². The topological polar surface area (TPSA) is 110 Å². The molecule has 4 aliphatic rings. The predicted octanol–water partition coefficient (Wildman–Crippen LogP) is 2.67. The largest absolute Gasteiger partial charge is 0.455 e. The maximum absolute atomic E-state index is 13.0. The SMILES string of the molecule is CCNc1ccc(S(=O)(=O)O)cc1C(=O)OC12CC3CC(C1)C(=O)C(C3)C2. The van der Waals surface area contributed by atoms with Crippen LogP contribution in [0, 0.1) is 17.8 Å². The lowest BCUT2D eigenvalue weighted by Crippen LogP contribution is -2.56. The van der Waals surface area contributed by atoms with Gasteiger partial charge in [-0.3, -0.25) is 9.35 Å². The first-order chi connectivity index (χ1) is 12.7. The Morgan fingerprint density at radius 3 is 2.52 bits per heavy atom. The van der Waals surface area contributed by atoms with Crippen LogP contribution in [0.2, 0.25) is 0 Å². The molecule has 4 bridgehead atoms. The first-order valence-electron chi connectivity index (χ1n) is 9.33. The minimum absolute atomic E-state index is 0.0264. The van der Waals surface area contributed by atoms with Crippen LogP contribution in [0.3, 0.4) is 0 Å². The number of benzene rings is 1. The van der Waals surface area contributed by atoms with E-state index in [2.05, 4.69) is 5.32 Å². The van der Waals surface area contributed by atoms with Gasteiger partial charge in [0.2, 0.25) is 0 Å². The van der Waals surface area contributed by atoms with E-state index >= 15 is 0 Å². The van der Waals surface area contributed by atoms with E-state index in [4.69, 9.17) is 4.74 Å². The molecule has 4 aliphatic carbocycles. The lowest BCUT2D eigenvalue weighted by atomic mass is 9.53. The first kappa shape index (κ1) is 18.4. The van der Waals surface area contributed by atoms with Crippen LogP contribution in [0.15, 0.2) is 23.1 Å². The van der Waals surface area contributed by atoms with Crippen molar-refractivity contribution in [3.05, 3.63) is 23.8 Å². The fourth-order valence-corrected chi connectivity index (χ4v) is 5.76. The second-order valence-electron chi connectivity index (χ2n) is 8.03. The molecule has 1 aromatic rings. The summed E-state index contributed by atoms with van der Waals surface area (Å²) in [6.45, 7) is 2.40. The zero-order valence-electron chi connectivity index (χ0n) is 15.1. The van der Waals surface area contributed by atoms with Gasteiger partial charge in [0.05, 0.1) is 10.5 Å². The highest BCUT2D eigenvalue weighted by Crippen LogP contribution is 2.55. The summed E-state index contributed by atoms with van der Waals surface area (Å²) in [5.41, 5.74) is -0.108. The molecule has 1 aromatic carbocycles. The Labute approximate surface area is 158 Å². The number of hydrogen-bond acceptors (Lipinski definition) is 6. The minimum Gasteiger partial charge on any atom is -0.455 e. The molecule has 2 unspecified atom stereocenters. The fraction of sp³-hybridized carbons (Fsp3) is 0.579. The number of carbonyl (C=O) groups excluding carboxylic acids is 2. The Bertz CT molecular complexity index is 891. The molecule has 0 amide bonds. The third-order valence-electron chi connectivity index (χ3n) is 6.12. The van der Waals surface area contributed by atoms with Crippen LogP contribution in [-0.2, 0) is 19.6 Å². The van der Waals surface area contributed by atoms with Crippen molar-refractivity contribution < 1.29 is 27.3 Å². The zero-order chi connectivity index (χ0) is 19.4. The van der Waals surface area contributed by atoms with E-state index in [-0.39, 0.29) is 22.3 Å². The third-order valence-corrected chi connectivity index (χ3v) is 6.97. The first-order valence-corrected chi connectivity index (χ1v) is 10.8. The van der Waals surface area contributed by atoms with Gasteiger partial charge < -0.3 is 10.1 Å². The quantitative estimate of drug-likeness (QED) is 0.584. The Morgan fingerprint density at radius 2 is 1.93 bits per heavy atom. The van der Waals surface area contributed by atoms with Crippen LogP contribution in [0.25, 0.3) is 0 Å². The minimum atomic E-state index is -4.43. The molecule has 0 aliphatic heterocycles. The van der Waals surface area contributed by atoms with Crippen molar-refractivity contribution in [2.75, 3.05) is 11.9 Å². The molecule has 0 saturated heterocycles. The summed E-state index contributed by atoms with van der Waals surface area (Å²) >= 11 is 0. The predicted molar refractivity (Wildman–Crippen MR) is 97.1 cm³/mol. The monoisotopic (exact) mass is 393 g/mol. The van der Waals surface area contributed by atoms with Crippen LogP contribution >= 0.6 is 0 Å². The number of carbonyl (C=O) groups is 2. The maximum Gasteiger partial charge on any atom is 0.340 e. The highest BCUT2D eigenvalue weighted by Gasteiger charge is 2.57. The average molecular weight is 393 g/mol. The lowest BCUT2D eigenvalue weighted by molar-refractivity contribution is -0.162. The molecule has 0 heterocycles. The second-order valence-corrected chi connectivity index (χ2v) is 9.45. The Kier molecular flexibility index (Phi) is 4.31. The van der Waals surface area contributed by atoms with Gasteiger partial charge in [0.25, 0.3) is 10.1 Å². The number of anilines is 1. The number of hydrogen-bond donors (Lipinski definition) is 2. The van der Waals surface area contributed by atoms with E-state index in [0.717, 1.165) is 25.3 Å². The molecule has 2 atom stereocenters. The molecule has 0 aromatic heterocycles. The third kappa shape index (κ3) is 3.25. The molecule has 2 N–H and O–H groups in total. The molecular weight excluding hydrogens is 370 g/mol. The number of nitrogens with one attached hydrogen (secondary N) is 1. The molecular formula is C19H23NO6S. The normalized spacial score (nSPS) is 31.8. The summed E-state index contributed by atoms with van der Waals surface area (Å²) in [5.74, 6) is 0.0402. The van der Waals surface area contributed by atoms with Gasteiger partial charge in [-0.2, -0.15) is 8.42 Å². The van der Waals surface area contributed by atoms with Gasteiger partial charge in [-0.1, -0.05) is 0 Å². The molecule has 4 saturated carbocycles. The maximum atomic E-state index is 13.0. The van der Waals surface area contributed by atoms with Crippen LogP contribution in [0.4, 0.5) is 5.69 Å². The number of rotatable bonds is 5. The number of esters is 1. The van der Waals surface area contributed by atoms with Crippen molar-refractivity contribution in [1.82, 2.24) is 0 Å². The van der Waals surface area contributed by atoms with Gasteiger partial charge in [-0.25, -0.2) is 4.79 Å². The van der Waals surface area contributed by atoms with Crippen LogP contribution in [0.1, 0.15) is 49.4 Å². The Balaban J connectivity index is 1.64. The Morgan fingerprint density at radius 1 is 1.26 bits per heavy atom. The van der Waals surface area contributed by atoms with Gasteiger partial charge in [-0.15, -0.1) is 0 Å². The molecule has 7 nitrogen and oxygen atoms in total. The van der Waals surface area contributed by atoms with Gasteiger partial charge in [0, 0.05) is 24.1 Å². The summed E-state index contributed by atoms with van der Waals surface area (Å²) in [4.78, 5) is 24.9. The summed E-state index contributed by atoms with van der Waals surface area (Å²) in [7, 11) is -4.43. The second kappa shape index (κ2) is 6.31. The molecule has 0 radical (unpaired) electrons. The van der Waals surface area contributed by atoms with Gasteiger partial charge in [0.15, 0.2) is 0 Å². The van der Waals surface area contributed by atoms with Crippen LogP contribution in [-0.4, -0.2) is 36.9 Å².